The minimum absolute atomic E-state index is 0.228. The number of amides is 3. The second kappa shape index (κ2) is 7.87. The third-order valence-corrected chi connectivity index (χ3v) is 4.43. The Labute approximate surface area is 152 Å². The molecule has 2 aromatic heterocycles. The fourth-order valence-corrected chi connectivity index (χ4v) is 2.96. The van der Waals surface area contributed by atoms with Crippen molar-refractivity contribution in [2.24, 2.45) is 0 Å². The molecule has 0 aliphatic rings. The summed E-state index contributed by atoms with van der Waals surface area (Å²) in [6.45, 7) is 0.302. The van der Waals surface area contributed by atoms with Crippen LogP contribution in [0.1, 0.15) is 15.4 Å². The molecule has 0 unspecified atom stereocenters. The van der Waals surface area contributed by atoms with E-state index in [2.05, 4.69) is 16.0 Å². The van der Waals surface area contributed by atoms with Crippen LogP contribution < -0.4 is 16.0 Å². The zero-order valence-corrected chi connectivity index (χ0v) is 14.5. The predicted octanol–water partition coefficient (Wildman–Crippen LogP) is 4.57. The van der Waals surface area contributed by atoms with Crippen molar-refractivity contribution in [1.29, 1.82) is 0 Å². The second-order valence-electron chi connectivity index (χ2n) is 5.02. The number of urea groups is 1. The fraction of sp³-hybridized carbons (Fsp3) is 0.0588. The molecular formula is C17H14ClN3O3S. The van der Waals surface area contributed by atoms with Gasteiger partial charge in [-0.05, 0) is 48.5 Å². The second-order valence-corrected chi connectivity index (χ2v) is 6.74. The number of rotatable bonds is 5. The first kappa shape index (κ1) is 17.1. The van der Waals surface area contributed by atoms with Crippen LogP contribution in [0.15, 0.2) is 59.2 Å². The highest BCUT2D eigenvalue weighted by atomic mass is 35.5. The molecule has 0 saturated carbocycles. The Hall–Kier alpha value is -2.77. The van der Waals surface area contributed by atoms with Crippen molar-refractivity contribution in [3.63, 3.8) is 0 Å². The van der Waals surface area contributed by atoms with Gasteiger partial charge in [0, 0.05) is 11.4 Å². The number of benzene rings is 1. The van der Waals surface area contributed by atoms with Crippen LogP contribution >= 0.6 is 22.9 Å². The molecule has 2 heterocycles. The van der Waals surface area contributed by atoms with Gasteiger partial charge in [0.25, 0.3) is 5.91 Å². The molecule has 3 rings (SSSR count). The maximum Gasteiger partial charge on any atom is 0.319 e. The Balaban J connectivity index is 1.51. The maximum absolute atomic E-state index is 12.0. The summed E-state index contributed by atoms with van der Waals surface area (Å²) in [5.74, 6) is 0.440. The highest BCUT2D eigenvalue weighted by Gasteiger charge is 2.09. The van der Waals surface area contributed by atoms with Crippen LogP contribution in [0, 0.1) is 0 Å². The van der Waals surface area contributed by atoms with Crippen LogP contribution in [0.25, 0.3) is 0 Å². The highest BCUT2D eigenvalue weighted by molar-refractivity contribution is 7.18. The van der Waals surface area contributed by atoms with E-state index in [1.165, 1.54) is 11.3 Å². The molecule has 0 bridgehead atoms. The van der Waals surface area contributed by atoms with E-state index in [0.29, 0.717) is 32.9 Å². The lowest BCUT2D eigenvalue weighted by Gasteiger charge is -2.08. The first-order valence-corrected chi connectivity index (χ1v) is 8.53. The minimum Gasteiger partial charge on any atom is -0.467 e. The van der Waals surface area contributed by atoms with E-state index in [9.17, 15) is 9.59 Å². The van der Waals surface area contributed by atoms with Crippen molar-refractivity contribution in [2.75, 3.05) is 10.6 Å². The SMILES string of the molecule is O=C(NCc1ccco1)Nc1ccc(NC(=O)c2ccc(Cl)s2)cc1. The lowest BCUT2D eigenvalue weighted by molar-refractivity contribution is 0.103. The third-order valence-electron chi connectivity index (χ3n) is 3.20. The van der Waals surface area contributed by atoms with Crippen molar-refractivity contribution < 1.29 is 14.0 Å². The number of halogens is 1. The quantitative estimate of drug-likeness (QED) is 0.610. The van der Waals surface area contributed by atoms with Gasteiger partial charge in [-0.25, -0.2) is 4.79 Å². The fourth-order valence-electron chi connectivity index (χ4n) is 2.02. The van der Waals surface area contributed by atoms with E-state index in [-0.39, 0.29) is 11.9 Å². The number of furan rings is 1. The van der Waals surface area contributed by atoms with Crippen molar-refractivity contribution in [1.82, 2.24) is 5.32 Å². The Morgan fingerprint density at radius 1 is 1.00 bits per heavy atom. The van der Waals surface area contributed by atoms with E-state index in [1.807, 2.05) is 0 Å². The lowest BCUT2D eigenvalue weighted by atomic mass is 10.2. The summed E-state index contributed by atoms with van der Waals surface area (Å²) in [6.07, 6.45) is 1.55. The average Bonchev–Trinajstić information content (AvgIpc) is 3.26. The number of carbonyl (C=O) groups excluding carboxylic acids is 2. The Morgan fingerprint density at radius 2 is 1.72 bits per heavy atom. The Bertz CT molecular complexity index is 860. The van der Waals surface area contributed by atoms with Gasteiger partial charge < -0.3 is 20.4 Å². The van der Waals surface area contributed by atoms with Gasteiger partial charge in [0.2, 0.25) is 0 Å². The molecule has 3 N–H and O–H groups in total. The van der Waals surface area contributed by atoms with Crippen LogP contribution in [0.2, 0.25) is 4.34 Å². The third kappa shape index (κ3) is 4.85. The van der Waals surface area contributed by atoms with Crippen LogP contribution in [0.3, 0.4) is 0 Å². The summed E-state index contributed by atoms with van der Waals surface area (Å²) in [7, 11) is 0. The largest absolute Gasteiger partial charge is 0.467 e. The molecule has 0 aliphatic carbocycles. The topological polar surface area (TPSA) is 83.4 Å². The molecule has 1 aromatic carbocycles. The van der Waals surface area contributed by atoms with E-state index < -0.39 is 0 Å². The summed E-state index contributed by atoms with van der Waals surface area (Å²) < 4.78 is 5.70. The smallest absolute Gasteiger partial charge is 0.319 e. The van der Waals surface area contributed by atoms with E-state index in [0.717, 1.165) is 0 Å². The molecule has 0 atom stereocenters. The molecular weight excluding hydrogens is 362 g/mol. The number of hydrogen-bond acceptors (Lipinski definition) is 4. The summed E-state index contributed by atoms with van der Waals surface area (Å²) in [6, 6.07) is 13.3. The van der Waals surface area contributed by atoms with Crippen molar-refractivity contribution in [2.45, 2.75) is 6.54 Å². The molecule has 6 nitrogen and oxygen atoms in total. The van der Waals surface area contributed by atoms with Crippen molar-refractivity contribution in [3.8, 4) is 0 Å². The number of nitrogens with one attached hydrogen (secondary N) is 3. The maximum atomic E-state index is 12.0. The van der Waals surface area contributed by atoms with Gasteiger partial charge in [-0.1, -0.05) is 11.6 Å². The van der Waals surface area contributed by atoms with Crippen molar-refractivity contribution in [3.05, 3.63) is 69.8 Å². The van der Waals surface area contributed by atoms with Gasteiger partial charge >= 0.3 is 6.03 Å². The Kier molecular flexibility index (Phi) is 5.37. The van der Waals surface area contributed by atoms with Crippen LogP contribution in [0.5, 0.6) is 0 Å². The molecule has 25 heavy (non-hydrogen) atoms. The molecule has 0 fully saturated rings. The lowest BCUT2D eigenvalue weighted by Crippen LogP contribution is -2.27. The first-order valence-electron chi connectivity index (χ1n) is 7.34. The van der Waals surface area contributed by atoms with Gasteiger partial charge in [-0.15, -0.1) is 11.3 Å². The van der Waals surface area contributed by atoms with Gasteiger partial charge in [0.15, 0.2) is 0 Å². The predicted molar refractivity (Wildman–Crippen MR) is 98.3 cm³/mol. The zero-order chi connectivity index (χ0) is 17.6. The van der Waals surface area contributed by atoms with E-state index in [1.54, 1.807) is 54.8 Å². The van der Waals surface area contributed by atoms with Gasteiger partial charge in [-0.2, -0.15) is 0 Å². The van der Waals surface area contributed by atoms with Crippen LogP contribution in [-0.2, 0) is 6.54 Å². The number of thiophene rings is 1. The standard InChI is InChI=1S/C17H14ClN3O3S/c18-15-8-7-14(25-15)16(22)20-11-3-5-12(6-4-11)21-17(23)19-10-13-2-1-9-24-13/h1-9H,10H2,(H,20,22)(H2,19,21,23). The van der Waals surface area contributed by atoms with Gasteiger partial charge in [-0.3, -0.25) is 4.79 Å². The zero-order valence-electron chi connectivity index (χ0n) is 12.9. The van der Waals surface area contributed by atoms with E-state index in [4.69, 9.17) is 16.0 Å². The van der Waals surface area contributed by atoms with Crippen molar-refractivity contribution >= 4 is 46.3 Å². The summed E-state index contributed by atoms with van der Waals surface area (Å²) in [4.78, 5) is 24.4. The molecule has 0 saturated heterocycles. The van der Waals surface area contributed by atoms with Gasteiger partial charge in [0.1, 0.15) is 5.76 Å². The molecule has 128 valence electrons. The average molecular weight is 376 g/mol. The summed E-state index contributed by atoms with van der Waals surface area (Å²) in [5.41, 5.74) is 1.23. The molecule has 3 amide bonds. The number of carbonyl (C=O) groups is 2. The summed E-state index contributed by atoms with van der Waals surface area (Å²) >= 11 is 7.03. The number of anilines is 2. The molecule has 0 radical (unpaired) electrons. The molecule has 0 spiro atoms. The van der Waals surface area contributed by atoms with E-state index >= 15 is 0 Å². The highest BCUT2D eigenvalue weighted by Crippen LogP contribution is 2.22. The van der Waals surface area contributed by atoms with Crippen LogP contribution in [-0.4, -0.2) is 11.9 Å². The monoisotopic (exact) mass is 375 g/mol. The number of hydrogen-bond donors (Lipinski definition) is 3. The molecule has 8 heteroatoms. The molecule has 0 aliphatic heterocycles. The van der Waals surface area contributed by atoms with Gasteiger partial charge in [0.05, 0.1) is 22.0 Å². The Morgan fingerprint density at radius 3 is 2.32 bits per heavy atom. The normalized spacial score (nSPS) is 10.3. The first-order chi connectivity index (χ1) is 12.1. The van der Waals surface area contributed by atoms with Crippen LogP contribution in [0.4, 0.5) is 16.2 Å². The summed E-state index contributed by atoms with van der Waals surface area (Å²) in [5, 5.41) is 8.15. The molecule has 3 aromatic rings. The minimum atomic E-state index is -0.346.